The lowest BCUT2D eigenvalue weighted by atomic mass is 9.99. The van der Waals surface area contributed by atoms with Crippen LogP contribution in [0, 0.1) is 0 Å². The lowest BCUT2D eigenvalue weighted by Gasteiger charge is -2.39. The third-order valence-electron chi connectivity index (χ3n) is 4.19. The Balaban J connectivity index is 1.88. The molecule has 1 saturated heterocycles. The topological polar surface area (TPSA) is 147 Å². The Labute approximate surface area is 147 Å². The Bertz CT molecular complexity index is 872. The van der Waals surface area contributed by atoms with E-state index in [1.165, 1.54) is 25.1 Å². The summed E-state index contributed by atoms with van der Waals surface area (Å²) in [5, 5.41) is 39.2. The van der Waals surface area contributed by atoms with Crippen LogP contribution in [0.5, 0.6) is 5.75 Å². The van der Waals surface area contributed by atoms with E-state index in [2.05, 4.69) is 0 Å². The maximum Gasteiger partial charge on any atom is 0.347 e. The van der Waals surface area contributed by atoms with Gasteiger partial charge in [0.15, 0.2) is 5.78 Å². The second-order valence-electron chi connectivity index (χ2n) is 6.02. The Hall–Kier alpha value is -2.30. The van der Waals surface area contributed by atoms with Gasteiger partial charge in [0.1, 0.15) is 41.3 Å². The average molecular weight is 366 g/mol. The first-order chi connectivity index (χ1) is 12.3. The van der Waals surface area contributed by atoms with Crippen molar-refractivity contribution < 1.29 is 39.1 Å². The third-order valence-corrected chi connectivity index (χ3v) is 4.19. The van der Waals surface area contributed by atoms with Crippen LogP contribution in [-0.4, -0.2) is 63.5 Å². The van der Waals surface area contributed by atoms with Crippen molar-refractivity contribution in [1.82, 2.24) is 0 Å². The number of aliphatic hydroxyl groups is 4. The minimum Gasteiger partial charge on any atom is -0.462 e. The van der Waals surface area contributed by atoms with Gasteiger partial charge in [0.2, 0.25) is 6.29 Å². The average Bonchev–Trinajstić information content (AvgIpc) is 2.61. The number of hydrogen-bond donors (Lipinski definition) is 4. The van der Waals surface area contributed by atoms with Crippen LogP contribution in [0.4, 0.5) is 0 Å². The zero-order chi connectivity index (χ0) is 19.0. The van der Waals surface area contributed by atoms with E-state index in [1.807, 2.05) is 0 Å². The van der Waals surface area contributed by atoms with Crippen molar-refractivity contribution in [2.24, 2.45) is 0 Å². The molecule has 0 saturated carbocycles. The number of ether oxygens (including phenoxy) is 2. The Morgan fingerprint density at radius 1 is 1.15 bits per heavy atom. The first-order valence-electron chi connectivity index (χ1n) is 7.88. The third kappa shape index (κ3) is 3.35. The van der Waals surface area contributed by atoms with Crippen molar-refractivity contribution in [3.63, 3.8) is 0 Å². The standard InChI is InChI=1S/C17H18O9/c1-7(19)10-4-8-2-3-9(5-11(8)25-16(10)23)24-17-15(22)14(21)13(20)12(6-18)26-17/h2-5,12-15,17-18,20-22H,6H2,1H3/t12-,13+,14+,15-,17-/m1/s1. The number of ketones is 1. The van der Waals surface area contributed by atoms with Crippen molar-refractivity contribution >= 4 is 16.8 Å². The van der Waals surface area contributed by atoms with Crippen LogP contribution in [0.3, 0.4) is 0 Å². The second kappa shape index (κ2) is 7.14. The number of hydrogen-bond acceptors (Lipinski definition) is 9. The minimum absolute atomic E-state index is 0.0694. The molecule has 140 valence electrons. The van der Waals surface area contributed by atoms with Crippen molar-refractivity contribution in [2.45, 2.75) is 37.6 Å². The van der Waals surface area contributed by atoms with Crippen molar-refractivity contribution in [2.75, 3.05) is 6.61 Å². The number of fused-ring (bicyclic) bond motifs is 1. The first-order valence-corrected chi connectivity index (χ1v) is 7.88. The molecule has 0 aliphatic carbocycles. The van der Waals surface area contributed by atoms with Gasteiger partial charge in [-0.15, -0.1) is 0 Å². The molecule has 0 unspecified atom stereocenters. The number of benzene rings is 1. The van der Waals surface area contributed by atoms with Crippen LogP contribution in [0.25, 0.3) is 11.0 Å². The molecule has 2 aromatic rings. The summed E-state index contributed by atoms with van der Waals surface area (Å²) in [5.41, 5.74) is -0.697. The molecule has 5 atom stereocenters. The summed E-state index contributed by atoms with van der Waals surface area (Å²) in [6, 6.07) is 5.81. The van der Waals surface area contributed by atoms with E-state index < -0.39 is 48.7 Å². The lowest BCUT2D eigenvalue weighted by Crippen LogP contribution is -2.60. The summed E-state index contributed by atoms with van der Waals surface area (Å²) in [6.45, 7) is 0.680. The van der Waals surface area contributed by atoms with Gasteiger partial charge in [0.05, 0.1) is 6.61 Å². The maximum absolute atomic E-state index is 11.8. The number of Topliss-reactive ketones (excluding diaryl/α,β-unsaturated/α-hetero) is 1. The van der Waals surface area contributed by atoms with Crippen LogP contribution >= 0.6 is 0 Å². The highest BCUT2D eigenvalue weighted by Crippen LogP contribution is 2.26. The molecule has 9 nitrogen and oxygen atoms in total. The number of aliphatic hydroxyl groups excluding tert-OH is 4. The fourth-order valence-electron chi connectivity index (χ4n) is 2.71. The molecular weight excluding hydrogens is 348 g/mol. The van der Waals surface area contributed by atoms with E-state index >= 15 is 0 Å². The van der Waals surface area contributed by atoms with Crippen LogP contribution < -0.4 is 10.4 Å². The van der Waals surface area contributed by atoms with Crippen LogP contribution in [-0.2, 0) is 4.74 Å². The molecule has 2 heterocycles. The first kappa shape index (κ1) is 18.5. The summed E-state index contributed by atoms with van der Waals surface area (Å²) in [5.74, 6) is -0.261. The van der Waals surface area contributed by atoms with E-state index in [1.54, 1.807) is 6.07 Å². The fraction of sp³-hybridized carbons (Fsp3) is 0.412. The van der Waals surface area contributed by atoms with Gasteiger partial charge in [0.25, 0.3) is 0 Å². The van der Waals surface area contributed by atoms with Gasteiger partial charge in [0, 0.05) is 11.5 Å². The molecule has 1 aromatic heterocycles. The fourth-order valence-corrected chi connectivity index (χ4v) is 2.71. The maximum atomic E-state index is 11.8. The molecule has 0 radical (unpaired) electrons. The van der Waals surface area contributed by atoms with E-state index in [-0.39, 0.29) is 16.9 Å². The molecule has 26 heavy (non-hydrogen) atoms. The van der Waals surface area contributed by atoms with Gasteiger partial charge in [-0.25, -0.2) is 4.79 Å². The SMILES string of the molecule is CC(=O)c1cc2ccc(O[C@@H]3O[C@H](CO)[C@H](O)[C@H](O)[C@H]3O)cc2oc1=O. The molecule has 0 bridgehead atoms. The zero-order valence-electron chi connectivity index (χ0n) is 13.7. The summed E-state index contributed by atoms with van der Waals surface area (Å²) in [4.78, 5) is 23.2. The van der Waals surface area contributed by atoms with Crippen molar-refractivity contribution in [1.29, 1.82) is 0 Å². The van der Waals surface area contributed by atoms with Gasteiger partial charge in [-0.05, 0) is 25.1 Å². The molecule has 0 spiro atoms. The smallest absolute Gasteiger partial charge is 0.347 e. The van der Waals surface area contributed by atoms with Gasteiger partial charge < -0.3 is 34.3 Å². The molecule has 1 fully saturated rings. The molecule has 1 aromatic carbocycles. The molecule has 4 N–H and O–H groups in total. The van der Waals surface area contributed by atoms with E-state index in [4.69, 9.17) is 13.9 Å². The van der Waals surface area contributed by atoms with E-state index in [0.29, 0.717) is 5.39 Å². The summed E-state index contributed by atoms with van der Waals surface area (Å²) in [6.07, 6.45) is -7.08. The lowest BCUT2D eigenvalue weighted by molar-refractivity contribution is -0.277. The van der Waals surface area contributed by atoms with Crippen LogP contribution in [0.1, 0.15) is 17.3 Å². The highest BCUT2D eigenvalue weighted by Gasteiger charge is 2.44. The quantitative estimate of drug-likeness (QED) is 0.402. The van der Waals surface area contributed by atoms with Crippen LogP contribution in [0.2, 0.25) is 0 Å². The number of carbonyl (C=O) groups excluding carboxylic acids is 1. The normalized spacial score (nSPS) is 28.9. The Morgan fingerprint density at radius 3 is 2.54 bits per heavy atom. The summed E-state index contributed by atoms with van der Waals surface area (Å²) < 4.78 is 15.8. The molecule has 3 rings (SSSR count). The molecule has 0 amide bonds. The zero-order valence-corrected chi connectivity index (χ0v) is 13.7. The summed E-state index contributed by atoms with van der Waals surface area (Å²) >= 11 is 0. The predicted octanol–water partition coefficient (Wildman–Crippen LogP) is -0.826. The van der Waals surface area contributed by atoms with Crippen molar-refractivity contribution in [3.8, 4) is 5.75 Å². The van der Waals surface area contributed by atoms with Gasteiger partial charge in [-0.1, -0.05) is 0 Å². The number of carbonyl (C=O) groups is 1. The second-order valence-corrected chi connectivity index (χ2v) is 6.02. The molecule has 9 heteroatoms. The Kier molecular flexibility index (Phi) is 5.08. The van der Waals surface area contributed by atoms with E-state index in [0.717, 1.165) is 0 Å². The monoisotopic (exact) mass is 366 g/mol. The summed E-state index contributed by atoms with van der Waals surface area (Å²) in [7, 11) is 0. The molecular formula is C17H18O9. The van der Waals surface area contributed by atoms with Crippen molar-refractivity contribution in [3.05, 3.63) is 40.2 Å². The van der Waals surface area contributed by atoms with Gasteiger partial charge in [-0.3, -0.25) is 4.79 Å². The molecule has 1 aliphatic rings. The predicted molar refractivity (Wildman–Crippen MR) is 86.9 cm³/mol. The molecule has 1 aliphatic heterocycles. The number of rotatable bonds is 4. The minimum atomic E-state index is -1.57. The van der Waals surface area contributed by atoms with Crippen LogP contribution in [0.15, 0.2) is 33.5 Å². The highest BCUT2D eigenvalue weighted by atomic mass is 16.7. The Morgan fingerprint density at radius 2 is 1.88 bits per heavy atom. The van der Waals surface area contributed by atoms with E-state index in [9.17, 15) is 30.0 Å². The largest absolute Gasteiger partial charge is 0.462 e. The van der Waals surface area contributed by atoms with Gasteiger partial charge in [-0.2, -0.15) is 0 Å². The highest BCUT2D eigenvalue weighted by molar-refractivity contribution is 5.96. The van der Waals surface area contributed by atoms with Gasteiger partial charge >= 0.3 is 5.63 Å².